The lowest BCUT2D eigenvalue weighted by Gasteiger charge is -2.38. The van der Waals surface area contributed by atoms with Gasteiger partial charge in [-0.3, -0.25) is 14.0 Å². The number of hydrogen-bond acceptors (Lipinski definition) is 7. The molecule has 0 bridgehead atoms. The molecule has 1 saturated heterocycles. The van der Waals surface area contributed by atoms with Gasteiger partial charge in [-0.2, -0.15) is 13.2 Å². The third kappa shape index (κ3) is 5.64. The minimum atomic E-state index is -4.55. The van der Waals surface area contributed by atoms with Crippen molar-refractivity contribution < 1.29 is 27.5 Å². The zero-order valence-electron chi connectivity index (χ0n) is 23.3. The predicted octanol–water partition coefficient (Wildman–Crippen LogP) is 4.82. The number of pyridine rings is 1. The second kappa shape index (κ2) is 11.0. The van der Waals surface area contributed by atoms with Crippen molar-refractivity contribution in [3.8, 4) is 11.3 Å². The minimum absolute atomic E-state index is 0.0134. The van der Waals surface area contributed by atoms with Crippen LogP contribution in [0.3, 0.4) is 0 Å². The Morgan fingerprint density at radius 3 is 2.56 bits per heavy atom. The largest absolute Gasteiger partial charge is 0.416 e. The molecule has 10 nitrogen and oxygen atoms in total. The van der Waals surface area contributed by atoms with Crippen molar-refractivity contribution in [2.45, 2.75) is 50.7 Å². The van der Waals surface area contributed by atoms with Gasteiger partial charge in [0.25, 0.3) is 5.91 Å². The van der Waals surface area contributed by atoms with Crippen LogP contribution in [0.25, 0.3) is 16.8 Å². The molecule has 2 fully saturated rings. The molecule has 4 aromatic rings. The van der Waals surface area contributed by atoms with Crippen LogP contribution in [0.5, 0.6) is 0 Å². The van der Waals surface area contributed by atoms with Crippen LogP contribution in [0, 0.1) is 5.41 Å². The highest BCUT2D eigenvalue weighted by molar-refractivity contribution is 6.04. The van der Waals surface area contributed by atoms with Crippen molar-refractivity contribution in [1.29, 1.82) is 0 Å². The van der Waals surface area contributed by atoms with Crippen LogP contribution in [0.1, 0.15) is 60.3 Å². The highest BCUT2D eigenvalue weighted by Gasteiger charge is 2.42. The van der Waals surface area contributed by atoms with Gasteiger partial charge >= 0.3 is 6.18 Å². The maximum atomic E-state index is 13.0. The molecule has 0 spiro atoms. The van der Waals surface area contributed by atoms with E-state index in [0.29, 0.717) is 35.8 Å². The second-order valence-electron chi connectivity index (χ2n) is 11.4. The van der Waals surface area contributed by atoms with Crippen molar-refractivity contribution >= 4 is 29.0 Å². The van der Waals surface area contributed by atoms with Gasteiger partial charge in [-0.15, -0.1) is 0 Å². The summed E-state index contributed by atoms with van der Waals surface area (Å²) in [4.78, 5) is 38.7. The van der Waals surface area contributed by atoms with E-state index < -0.39 is 23.1 Å². The zero-order chi connectivity index (χ0) is 30.4. The third-order valence-corrected chi connectivity index (χ3v) is 8.12. The van der Waals surface area contributed by atoms with Crippen LogP contribution in [0.2, 0.25) is 0 Å². The number of nitrogens with zero attached hydrogens (tertiary/aromatic N) is 4. The van der Waals surface area contributed by atoms with E-state index in [9.17, 15) is 22.8 Å². The van der Waals surface area contributed by atoms with Crippen molar-refractivity contribution in [1.82, 2.24) is 24.7 Å². The lowest BCUT2D eigenvalue weighted by Crippen LogP contribution is -2.54. The number of fused-ring (bicyclic) bond motifs is 1. The Labute approximate surface area is 244 Å². The number of benzene rings is 1. The van der Waals surface area contributed by atoms with Gasteiger partial charge in [0.15, 0.2) is 0 Å². The zero-order valence-corrected chi connectivity index (χ0v) is 23.3. The topological polar surface area (TPSA) is 137 Å². The van der Waals surface area contributed by atoms with Crippen LogP contribution in [0.4, 0.5) is 24.8 Å². The first-order valence-electron chi connectivity index (χ1n) is 14.0. The normalized spacial score (nSPS) is 19.9. The molecular weight excluding hydrogens is 563 g/mol. The van der Waals surface area contributed by atoms with Crippen LogP contribution in [-0.2, 0) is 15.7 Å². The van der Waals surface area contributed by atoms with Crippen molar-refractivity contribution in [3.63, 3.8) is 0 Å². The standard InChI is InChI=1S/C30H30F3N7O3/c1-29(15-43-16-29)28(42)37-21-4-2-3-19(13-21)26-39-23(24-25(34)36-11-12-40(24)26)17-5-7-18(8-6-17)27(41)38-22-14-20(9-10-35-22)30(31,32)33/h5-12,14,19,21H,2-4,13,15-16H2,1H3,(H2,34,36)(H,37,42)(H,35,38,41)/t19-,21-/m1/s1. The number of carbonyl (C=O) groups excluding carboxylic acids is 2. The number of halogens is 3. The van der Waals surface area contributed by atoms with Crippen molar-refractivity contribution in [3.05, 3.63) is 71.9 Å². The van der Waals surface area contributed by atoms with E-state index >= 15 is 0 Å². The number of rotatable bonds is 6. The Hall–Kier alpha value is -4.52. The lowest BCUT2D eigenvalue weighted by atomic mass is 9.83. The number of anilines is 2. The molecule has 4 heterocycles. The molecule has 2 amide bonds. The first kappa shape index (κ1) is 28.6. The van der Waals surface area contributed by atoms with Gasteiger partial charge in [0.1, 0.15) is 28.7 Å². The number of hydrogen-bond donors (Lipinski definition) is 3. The molecule has 1 saturated carbocycles. The molecule has 43 heavy (non-hydrogen) atoms. The maximum Gasteiger partial charge on any atom is 0.416 e. The van der Waals surface area contributed by atoms with Gasteiger partial charge in [0.05, 0.1) is 24.2 Å². The molecule has 4 N–H and O–H groups in total. The fraction of sp³-hybridized carbons (Fsp3) is 0.367. The molecule has 0 unspecified atom stereocenters. The number of ether oxygens (including phenoxy) is 1. The first-order chi connectivity index (χ1) is 20.5. The molecule has 6 rings (SSSR count). The summed E-state index contributed by atoms with van der Waals surface area (Å²) in [6, 6.07) is 8.17. The second-order valence-corrected chi connectivity index (χ2v) is 11.4. The number of imidazole rings is 1. The monoisotopic (exact) mass is 593 g/mol. The van der Waals surface area contributed by atoms with Gasteiger partial charge in [0, 0.05) is 41.7 Å². The smallest absolute Gasteiger partial charge is 0.382 e. The van der Waals surface area contributed by atoms with Gasteiger partial charge in [-0.05, 0) is 50.5 Å². The minimum Gasteiger partial charge on any atom is -0.382 e. The number of nitrogens with one attached hydrogen (secondary N) is 2. The summed E-state index contributed by atoms with van der Waals surface area (Å²) in [6.45, 7) is 2.77. The summed E-state index contributed by atoms with van der Waals surface area (Å²) >= 11 is 0. The average Bonchev–Trinajstić information content (AvgIpc) is 3.37. The van der Waals surface area contributed by atoms with Gasteiger partial charge in [-0.25, -0.2) is 15.0 Å². The molecule has 3 aromatic heterocycles. The number of alkyl halides is 3. The summed E-state index contributed by atoms with van der Waals surface area (Å²) in [7, 11) is 0. The highest BCUT2D eigenvalue weighted by Crippen LogP contribution is 2.38. The van der Waals surface area contributed by atoms with E-state index in [0.717, 1.165) is 49.8 Å². The molecule has 1 aliphatic carbocycles. The molecule has 224 valence electrons. The van der Waals surface area contributed by atoms with Crippen LogP contribution >= 0.6 is 0 Å². The van der Waals surface area contributed by atoms with Gasteiger partial charge < -0.3 is 21.1 Å². The first-order valence-corrected chi connectivity index (χ1v) is 14.0. The molecule has 1 aliphatic heterocycles. The summed E-state index contributed by atoms with van der Waals surface area (Å²) in [5, 5.41) is 5.63. The number of nitrogens with two attached hydrogens (primary N) is 1. The van der Waals surface area contributed by atoms with Crippen LogP contribution in [0.15, 0.2) is 55.0 Å². The number of carbonyl (C=O) groups is 2. The molecular formula is C30H30F3N7O3. The summed E-state index contributed by atoms with van der Waals surface area (Å²) < 4.78 is 46.3. The van der Waals surface area contributed by atoms with Crippen molar-refractivity contribution in [2.75, 3.05) is 24.3 Å². The number of amides is 2. The average molecular weight is 594 g/mol. The third-order valence-electron chi connectivity index (χ3n) is 8.12. The van der Waals surface area contributed by atoms with Crippen LogP contribution in [-0.4, -0.2) is 50.4 Å². The Kier molecular flexibility index (Phi) is 7.28. The Bertz CT molecular complexity index is 1680. The van der Waals surface area contributed by atoms with Crippen molar-refractivity contribution in [2.24, 2.45) is 5.41 Å². The molecule has 2 atom stereocenters. The molecule has 0 radical (unpaired) electrons. The van der Waals surface area contributed by atoms with Gasteiger partial charge in [0.2, 0.25) is 5.91 Å². The predicted molar refractivity (Wildman–Crippen MR) is 152 cm³/mol. The number of nitrogen functional groups attached to an aromatic ring is 1. The van der Waals surface area contributed by atoms with Crippen LogP contribution < -0.4 is 16.4 Å². The van der Waals surface area contributed by atoms with E-state index in [-0.39, 0.29) is 29.2 Å². The van der Waals surface area contributed by atoms with E-state index in [2.05, 4.69) is 20.6 Å². The highest BCUT2D eigenvalue weighted by atomic mass is 19.4. The molecule has 1 aromatic carbocycles. The Balaban J connectivity index is 1.23. The molecule has 2 aliphatic rings. The fourth-order valence-electron chi connectivity index (χ4n) is 5.67. The van der Waals surface area contributed by atoms with E-state index in [1.807, 2.05) is 17.5 Å². The summed E-state index contributed by atoms with van der Waals surface area (Å²) in [5.41, 5.74) is 7.08. The quantitative estimate of drug-likeness (QED) is 0.292. The Morgan fingerprint density at radius 1 is 1.09 bits per heavy atom. The van der Waals surface area contributed by atoms with E-state index in [1.54, 1.807) is 30.5 Å². The maximum absolute atomic E-state index is 13.0. The SMILES string of the molecule is CC1(C(=O)N[C@@H]2CCC[C@@H](c3nc(-c4ccc(C(=O)Nc5cc(C(F)(F)F)ccn5)cc4)c4c(N)nccn34)C2)COC1. The summed E-state index contributed by atoms with van der Waals surface area (Å²) in [5.74, 6) is 0.384. The Morgan fingerprint density at radius 2 is 1.86 bits per heavy atom. The van der Waals surface area contributed by atoms with E-state index in [4.69, 9.17) is 15.5 Å². The lowest BCUT2D eigenvalue weighted by molar-refractivity contribution is -0.158. The molecule has 13 heteroatoms. The summed E-state index contributed by atoms with van der Waals surface area (Å²) in [6.07, 6.45) is 3.32. The van der Waals surface area contributed by atoms with Gasteiger partial charge in [-0.1, -0.05) is 18.6 Å². The number of aromatic nitrogens is 4. The van der Waals surface area contributed by atoms with E-state index in [1.165, 1.54) is 0 Å². The fourth-order valence-corrected chi connectivity index (χ4v) is 5.67.